The van der Waals surface area contributed by atoms with Gasteiger partial charge >= 0.3 is 0 Å². The van der Waals surface area contributed by atoms with Crippen LogP contribution in [0.1, 0.15) is 0 Å². The van der Waals surface area contributed by atoms with Crippen LogP contribution >= 0.6 is 0 Å². The minimum Gasteiger partial charge on any atom is -0.214 e. The topological polar surface area (TPSA) is 34.1 Å². The summed E-state index contributed by atoms with van der Waals surface area (Å²) in [7, 11) is -4.54. The van der Waals surface area contributed by atoms with Gasteiger partial charge in [0, 0.05) is 0 Å². The van der Waals surface area contributed by atoms with Gasteiger partial charge in [0.15, 0.2) is 0 Å². The van der Waals surface area contributed by atoms with Crippen LogP contribution in [0.5, 0.6) is 0 Å². The smallest absolute Gasteiger partial charge is 0.214 e. The summed E-state index contributed by atoms with van der Waals surface area (Å²) in [6.07, 6.45) is 0. The zero-order chi connectivity index (χ0) is 7.65. The fourth-order valence-electron chi connectivity index (χ4n) is 0.120. The molecule has 0 fully saturated rings. The van der Waals surface area contributed by atoms with Gasteiger partial charge in [0.25, 0.3) is 9.84 Å². The Labute approximate surface area is 51.4 Å². The predicted octanol–water partition coefficient (Wildman–Crippen LogP) is 1.28. The molecule has 0 N–H and O–H groups in total. The third-order valence-electron chi connectivity index (χ3n) is 0.583. The third kappa shape index (κ3) is 1.60. The van der Waals surface area contributed by atoms with Crippen molar-refractivity contribution in [3.8, 4) is 0 Å². The van der Waals surface area contributed by atoms with Crippen molar-refractivity contribution in [3.63, 3.8) is 0 Å². The molecule has 0 radical (unpaired) electrons. The first-order valence-electron chi connectivity index (χ1n) is 1.83. The lowest BCUT2D eigenvalue weighted by molar-refractivity contribution is 0.564. The minimum atomic E-state index is -4.54. The summed E-state index contributed by atoms with van der Waals surface area (Å²) < 4.78 is 43.5. The van der Waals surface area contributed by atoms with Crippen molar-refractivity contribution in [2.45, 2.75) is 0 Å². The molecule has 0 unspecified atom stereocenters. The first-order valence-corrected chi connectivity index (χ1v) is 3.31. The zero-order valence-electron chi connectivity index (χ0n) is 4.39. The van der Waals surface area contributed by atoms with Crippen LogP contribution in [0.25, 0.3) is 0 Å². The fourth-order valence-corrected chi connectivity index (χ4v) is 0.360. The molecule has 2 nitrogen and oxygen atoms in total. The summed E-state index contributed by atoms with van der Waals surface area (Å²) in [5.74, 6) is 0. The number of halogens is 2. The van der Waals surface area contributed by atoms with Crippen molar-refractivity contribution in [1.82, 2.24) is 0 Å². The van der Waals surface area contributed by atoms with Crippen LogP contribution in [0, 0.1) is 0 Å². The number of rotatable bonds is 2. The molecule has 0 heterocycles. The third-order valence-corrected chi connectivity index (χ3v) is 1.75. The quantitative estimate of drug-likeness (QED) is 0.600. The number of sulfone groups is 1. The van der Waals surface area contributed by atoms with Gasteiger partial charge in [0.1, 0.15) is 0 Å². The van der Waals surface area contributed by atoms with Crippen LogP contribution in [0.3, 0.4) is 0 Å². The highest BCUT2D eigenvalue weighted by Gasteiger charge is 2.19. The molecule has 0 atom stereocenters. The summed E-state index contributed by atoms with van der Waals surface area (Å²) in [5, 5.41) is -3.45. The largest absolute Gasteiger partial charge is 0.258 e. The summed E-state index contributed by atoms with van der Waals surface area (Å²) in [6.45, 7) is 4.79. The lowest BCUT2D eigenvalue weighted by Gasteiger charge is -1.91. The Morgan fingerprint density at radius 2 is 1.33 bits per heavy atom. The Morgan fingerprint density at radius 3 is 1.33 bits per heavy atom. The fraction of sp³-hybridized carbons (Fsp3) is 0. The normalized spacial score (nSPS) is 10.9. The Kier molecular flexibility index (Phi) is 2.08. The highest BCUT2D eigenvalue weighted by atomic mass is 32.2. The number of hydrogen-bond donors (Lipinski definition) is 0. The molecular weight excluding hydrogens is 150 g/mol. The van der Waals surface area contributed by atoms with Gasteiger partial charge in [-0.15, -0.1) is 0 Å². The summed E-state index contributed by atoms with van der Waals surface area (Å²) >= 11 is 0. The van der Waals surface area contributed by atoms with E-state index >= 15 is 0 Å². The molecular formula is C4H4F2O2S. The molecule has 0 rings (SSSR count). The van der Waals surface area contributed by atoms with Gasteiger partial charge in [-0.3, -0.25) is 0 Å². The van der Waals surface area contributed by atoms with Gasteiger partial charge in [-0.1, -0.05) is 13.2 Å². The molecule has 0 bridgehead atoms. The Hall–Kier alpha value is -0.710. The van der Waals surface area contributed by atoms with Crippen LogP contribution < -0.4 is 0 Å². The number of hydrogen-bond acceptors (Lipinski definition) is 2. The molecule has 9 heavy (non-hydrogen) atoms. The van der Waals surface area contributed by atoms with Crippen molar-refractivity contribution in [1.29, 1.82) is 0 Å². The Morgan fingerprint density at radius 1 is 1.11 bits per heavy atom. The first kappa shape index (κ1) is 8.29. The lowest BCUT2D eigenvalue weighted by atomic mass is 11.2. The standard InChI is InChI=1S/C4H4F2O2S/c1-3(5)9(7,8)4(2)6/h1-2H2. The van der Waals surface area contributed by atoms with E-state index in [-0.39, 0.29) is 0 Å². The van der Waals surface area contributed by atoms with Gasteiger partial charge in [0.05, 0.1) is 0 Å². The van der Waals surface area contributed by atoms with E-state index in [1.54, 1.807) is 0 Å². The van der Waals surface area contributed by atoms with E-state index in [0.29, 0.717) is 0 Å². The van der Waals surface area contributed by atoms with E-state index in [1.807, 2.05) is 0 Å². The predicted molar refractivity (Wildman–Crippen MR) is 29.4 cm³/mol. The average molecular weight is 154 g/mol. The van der Waals surface area contributed by atoms with Crippen LogP contribution in [0.2, 0.25) is 0 Å². The van der Waals surface area contributed by atoms with Crippen molar-refractivity contribution in [2.24, 2.45) is 0 Å². The van der Waals surface area contributed by atoms with Crippen molar-refractivity contribution < 1.29 is 17.2 Å². The lowest BCUT2D eigenvalue weighted by Crippen LogP contribution is -1.97. The molecule has 0 aliphatic heterocycles. The SMILES string of the molecule is C=C(F)S(=O)(=O)C(=C)F. The van der Waals surface area contributed by atoms with E-state index in [4.69, 9.17) is 0 Å². The monoisotopic (exact) mass is 154 g/mol. The molecule has 0 aliphatic rings. The molecule has 5 heteroatoms. The molecule has 0 aromatic carbocycles. The van der Waals surface area contributed by atoms with Gasteiger partial charge in [-0.25, -0.2) is 8.42 Å². The van der Waals surface area contributed by atoms with Crippen LogP contribution in [0.4, 0.5) is 8.78 Å². The molecule has 0 spiro atoms. The summed E-state index contributed by atoms with van der Waals surface area (Å²) in [6, 6.07) is 0. The van der Waals surface area contributed by atoms with E-state index < -0.39 is 20.2 Å². The molecule has 0 aromatic rings. The molecule has 52 valence electrons. The van der Waals surface area contributed by atoms with Gasteiger partial charge in [-0.2, -0.15) is 8.78 Å². The molecule has 0 saturated heterocycles. The van der Waals surface area contributed by atoms with Gasteiger partial charge < -0.3 is 0 Å². The maximum Gasteiger partial charge on any atom is 0.258 e. The van der Waals surface area contributed by atoms with E-state index in [0.717, 1.165) is 0 Å². The second kappa shape index (κ2) is 2.26. The van der Waals surface area contributed by atoms with Gasteiger partial charge in [0.2, 0.25) is 10.3 Å². The molecule has 0 aliphatic carbocycles. The molecule has 0 aromatic heterocycles. The minimum absolute atomic E-state index is 1.73. The average Bonchev–Trinajstić information content (AvgIpc) is 1.65. The van der Waals surface area contributed by atoms with Crippen LogP contribution in [-0.4, -0.2) is 8.42 Å². The molecule has 0 amide bonds. The van der Waals surface area contributed by atoms with E-state index in [9.17, 15) is 17.2 Å². The highest BCUT2D eigenvalue weighted by Crippen LogP contribution is 2.14. The molecule has 0 saturated carbocycles. The highest BCUT2D eigenvalue weighted by molar-refractivity contribution is 7.98. The zero-order valence-corrected chi connectivity index (χ0v) is 5.21. The van der Waals surface area contributed by atoms with Crippen LogP contribution in [0.15, 0.2) is 23.5 Å². The van der Waals surface area contributed by atoms with E-state index in [2.05, 4.69) is 13.2 Å². The second-order valence-corrected chi connectivity index (χ2v) is 3.11. The van der Waals surface area contributed by atoms with Crippen molar-refractivity contribution >= 4 is 9.84 Å². The van der Waals surface area contributed by atoms with Crippen molar-refractivity contribution in [3.05, 3.63) is 23.5 Å². The van der Waals surface area contributed by atoms with Crippen molar-refractivity contribution in [2.75, 3.05) is 0 Å². The van der Waals surface area contributed by atoms with E-state index in [1.165, 1.54) is 0 Å². The first-order chi connectivity index (χ1) is 3.89. The maximum absolute atomic E-state index is 11.6. The Bertz CT molecular complexity index is 219. The van der Waals surface area contributed by atoms with Crippen LogP contribution in [-0.2, 0) is 9.84 Å². The Balaban J connectivity index is 4.87. The maximum atomic E-state index is 11.6. The summed E-state index contributed by atoms with van der Waals surface area (Å²) in [4.78, 5) is 0. The summed E-state index contributed by atoms with van der Waals surface area (Å²) in [5.41, 5.74) is 0. The van der Waals surface area contributed by atoms with Gasteiger partial charge in [-0.05, 0) is 0 Å². The second-order valence-electron chi connectivity index (χ2n) is 1.21.